The van der Waals surface area contributed by atoms with Crippen LogP contribution in [-0.4, -0.2) is 118 Å². The predicted molar refractivity (Wildman–Crippen MR) is 191 cm³/mol. The van der Waals surface area contributed by atoms with Gasteiger partial charge in [-0.2, -0.15) is 26.3 Å². The van der Waals surface area contributed by atoms with Crippen LogP contribution in [0.2, 0.25) is 0 Å². The molecule has 0 aromatic carbocycles. The second-order valence-corrected chi connectivity index (χ2v) is 11.3. The van der Waals surface area contributed by atoms with Crippen molar-refractivity contribution in [3.8, 4) is 0 Å². The largest absolute Gasteiger partial charge is 0.448 e. The quantitative estimate of drug-likeness (QED) is 0.0418. The molecule has 2 heterocycles. The van der Waals surface area contributed by atoms with E-state index in [0.717, 1.165) is 0 Å². The van der Waals surface area contributed by atoms with Crippen molar-refractivity contribution in [3.05, 3.63) is 48.3 Å². The van der Waals surface area contributed by atoms with Gasteiger partial charge in [-0.3, -0.25) is 0 Å². The Hall–Kier alpha value is -6.50. The topological polar surface area (TPSA) is 264 Å². The fourth-order valence-electron chi connectivity index (χ4n) is 4.10. The van der Waals surface area contributed by atoms with Crippen molar-refractivity contribution >= 4 is 47.7 Å². The van der Waals surface area contributed by atoms with Gasteiger partial charge in [0.05, 0.1) is 26.3 Å². The molecule has 0 spiro atoms. The molecule has 58 heavy (non-hydrogen) atoms. The van der Waals surface area contributed by atoms with Crippen molar-refractivity contribution in [1.29, 1.82) is 0 Å². The maximum absolute atomic E-state index is 12.5. The Labute approximate surface area is 327 Å². The van der Waals surface area contributed by atoms with Gasteiger partial charge >= 0.3 is 36.5 Å². The van der Waals surface area contributed by atoms with Crippen molar-refractivity contribution in [2.75, 3.05) is 50.0 Å². The molecule has 0 aliphatic heterocycles. The summed E-state index contributed by atoms with van der Waals surface area (Å²) < 4.78 is 84.1. The Morgan fingerprint density at radius 1 is 0.690 bits per heavy atom. The lowest BCUT2D eigenvalue weighted by molar-refractivity contribution is -0.178. The summed E-state index contributed by atoms with van der Waals surface area (Å²) in [5.41, 5.74) is 10.9. The summed E-state index contributed by atoms with van der Waals surface area (Å²) in [7, 11) is 0. The smallest absolute Gasteiger partial charge is 0.443 e. The minimum absolute atomic E-state index is 0.0583. The summed E-state index contributed by atoms with van der Waals surface area (Å²) in [6.07, 6.45) is -5.48. The number of rotatable bonds is 18. The van der Waals surface area contributed by atoms with Gasteiger partial charge < -0.3 is 41.2 Å². The van der Waals surface area contributed by atoms with E-state index in [4.69, 9.17) is 30.6 Å². The number of carbonyl (C=O) groups is 4. The minimum atomic E-state index is -4.54. The third kappa shape index (κ3) is 21.0. The molecule has 0 unspecified atom stereocenters. The van der Waals surface area contributed by atoms with Crippen LogP contribution >= 0.6 is 0 Å². The molecule has 2 aromatic rings. The highest BCUT2D eigenvalue weighted by atomic mass is 19.4. The first kappa shape index (κ1) is 47.7. The lowest BCUT2D eigenvalue weighted by atomic mass is 10.2. The van der Waals surface area contributed by atoms with Gasteiger partial charge in [-0.15, -0.1) is 10.1 Å². The number of nitrogens with zero attached hydrogens (tertiary/aromatic N) is 8. The monoisotopic (exact) mass is 836 g/mol. The van der Waals surface area contributed by atoms with Crippen molar-refractivity contribution in [2.24, 2.45) is 21.5 Å². The molecule has 0 bridgehead atoms. The minimum Gasteiger partial charge on any atom is -0.448 e. The average Bonchev–Trinajstić information content (AvgIpc) is 3.14. The van der Waals surface area contributed by atoms with Crippen molar-refractivity contribution in [2.45, 2.75) is 64.7 Å². The Balaban J connectivity index is 1.90. The van der Waals surface area contributed by atoms with Crippen LogP contribution in [-0.2, 0) is 41.6 Å². The molecule has 26 heteroatoms. The summed E-state index contributed by atoms with van der Waals surface area (Å²) in [5.74, 6) is -2.59. The van der Waals surface area contributed by atoms with E-state index in [2.05, 4.69) is 40.6 Å². The molecule has 0 saturated heterocycles. The van der Waals surface area contributed by atoms with Crippen molar-refractivity contribution in [3.63, 3.8) is 0 Å². The van der Waals surface area contributed by atoms with Gasteiger partial charge in [-0.05, 0) is 51.7 Å². The van der Waals surface area contributed by atoms with Gasteiger partial charge in [-0.25, -0.2) is 49.1 Å². The fourth-order valence-corrected chi connectivity index (χ4v) is 4.10. The van der Waals surface area contributed by atoms with Gasteiger partial charge in [-0.1, -0.05) is 0 Å². The number of aromatic nitrogens is 4. The number of nitrogens with two attached hydrogens (primary N) is 2. The number of hydrogen-bond donors (Lipinski definition) is 4. The molecule has 2 aromatic heterocycles. The summed E-state index contributed by atoms with van der Waals surface area (Å²) in [6.45, 7) is -0.353. The van der Waals surface area contributed by atoms with E-state index in [1.807, 2.05) is 0 Å². The lowest BCUT2D eigenvalue weighted by Gasteiger charge is -2.20. The number of aryl methyl sites for hydroxylation is 2. The number of anilines is 2. The average molecular weight is 837 g/mol. The fraction of sp³-hybridized carbons (Fsp3) is 0.500. The van der Waals surface area contributed by atoms with Gasteiger partial charge in [0.2, 0.25) is 0 Å². The van der Waals surface area contributed by atoms with Crippen LogP contribution in [0.3, 0.4) is 0 Å². The van der Waals surface area contributed by atoms with Crippen LogP contribution in [0.4, 0.5) is 47.6 Å². The zero-order valence-corrected chi connectivity index (χ0v) is 31.2. The Bertz CT molecular complexity index is 1620. The first-order chi connectivity index (χ1) is 27.4. The van der Waals surface area contributed by atoms with Crippen LogP contribution < -0.4 is 22.1 Å². The molecule has 2 amide bonds. The number of hydrogen-bond acceptors (Lipinski definition) is 14. The van der Waals surface area contributed by atoms with Gasteiger partial charge in [0.15, 0.2) is 11.9 Å². The molecular formula is C32H42F6N12O8. The maximum Gasteiger partial charge on any atom is 0.443 e. The molecular weight excluding hydrogens is 794 g/mol. The highest BCUT2D eigenvalue weighted by molar-refractivity contribution is 5.93. The van der Waals surface area contributed by atoms with E-state index >= 15 is 0 Å². The SMILES string of the molecule is CCOC(=O)N(CCCCc1nccc(NC(N)=NCC(F)(F)F)n1)OC(=O)/C=C\C(=O)ON(CCCCc1nccc(NC(N)=NCC(F)(F)F)n1)C(=O)OCC. The lowest BCUT2D eigenvalue weighted by Crippen LogP contribution is -2.35. The number of amides is 2. The second kappa shape index (κ2) is 24.2. The van der Waals surface area contributed by atoms with E-state index in [-0.39, 0.29) is 75.3 Å². The second-order valence-electron chi connectivity index (χ2n) is 11.3. The molecule has 0 atom stereocenters. The number of guanidine groups is 2. The number of nitrogens with one attached hydrogen (secondary N) is 2. The molecule has 0 radical (unpaired) electrons. The number of aliphatic imine (C=N–C) groups is 2. The highest BCUT2D eigenvalue weighted by Crippen LogP contribution is 2.16. The van der Waals surface area contributed by atoms with Crippen LogP contribution in [0.5, 0.6) is 0 Å². The summed E-state index contributed by atoms with van der Waals surface area (Å²) in [6, 6.07) is 2.73. The Kier molecular flexibility index (Phi) is 19.9. The normalized spacial score (nSPS) is 12.1. The molecule has 320 valence electrons. The van der Waals surface area contributed by atoms with Crippen molar-refractivity contribution < 1.29 is 64.7 Å². The summed E-state index contributed by atoms with van der Waals surface area (Å²) in [4.78, 5) is 82.8. The third-order valence-electron chi connectivity index (χ3n) is 6.50. The number of hydroxylamine groups is 4. The molecule has 20 nitrogen and oxygen atoms in total. The molecule has 0 fully saturated rings. The van der Waals surface area contributed by atoms with E-state index in [1.165, 1.54) is 38.4 Å². The zero-order valence-electron chi connectivity index (χ0n) is 31.2. The number of carbonyl (C=O) groups excluding carboxylic acids is 4. The molecule has 0 saturated carbocycles. The van der Waals surface area contributed by atoms with Crippen LogP contribution in [0.1, 0.15) is 51.2 Å². The number of alkyl halides is 6. The molecule has 0 aliphatic carbocycles. The first-order valence-corrected chi connectivity index (χ1v) is 17.3. The maximum atomic E-state index is 12.5. The van der Waals surface area contributed by atoms with Gasteiger partial charge in [0.1, 0.15) is 36.4 Å². The predicted octanol–water partition coefficient (Wildman–Crippen LogP) is 3.58. The van der Waals surface area contributed by atoms with Crippen LogP contribution in [0.15, 0.2) is 46.7 Å². The summed E-state index contributed by atoms with van der Waals surface area (Å²) in [5, 5.41) is 6.11. The Morgan fingerprint density at radius 2 is 1.07 bits per heavy atom. The third-order valence-corrected chi connectivity index (χ3v) is 6.50. The number of ether oxygens (including phenoxy) is 2. The molecule has 6 N–H and O–H groups in total. The van der Waals surface area contributed by atoms with Gasteiger partial charge in [0.25, 0.3) is 0 Å². The highest BCUT2D eigenvalue weighted by Gasteiger charge is 2.27. The van der Waals surface area contributed by atoms with Crippen molar-refractivity contribution in [1.82, 2.24) is 30.1 Å². The van der Waals surface area contributed by atoms with E-state index < -0.39 is 61.5 Å². The van der Waals surface area contributed by atoms with Crippen LogP contribution in [0, 0.1) is 0 Å². The van der Waals surface area contributed by atoms with E-state index in [9.17, 15) is 45.5 Å². The zero-order chi connectivity index (χ0) is 43.1. The molecule has 2 rings (SSSR count). The van der Waals surface area contributed by atoms with Crippen LogP contribution in [0.25, 0.3) is 0 Å². The number of unbranched alkanes of at least 4 members (excludes halogenated alkanes) is 2. The standard InChI is InChI=1S/C32H42F6N12O8/c1-3-55-29(53)49(17-7-5-9-21-41-15-13-23(45-21)47-27(39)43-19-31(33,34)35)57-25(51)11-12-26(52)58-50(30(54)56-4-2)18-8-6-10-22-42-16-14-24(46-22)48-28(40)44-20-32(36,37)38/h11-16H,3-10,17-20H2,1-2H3,(H3,39,41,43,45,47)(H3,40,42,44,46,48)/b12-11-. The number of halogens is 6. The first-order valence-electron chi connectivity index (χ1n) is 17.3. The molecule has 0 aliphatic rings. The van der Waals surface area contributed by atoms with E-state index in [1.54, 1.807) is 0 Å². The van der Waals surface area contributed by atoms with E-state index in [0.29, 0.717) is 35.1 Å². The van der Waals surface area contributed by atoms with Gasteiger partial charge in [0, 0.05) is 37.4 Å². The Morgan fingerprint density at radius 3 is 1.41 bits per heavy atom. The summed E-state index contributed by atoms with van der Waals surface area (Å²) >= 11 is 0.